The van der Waals surface area contributed by atoms with Gasteiger partial charge in [0.1, 0.15) is 11.9 Å². The van der Waals surface area contributed by atoms with E-state index in [0.29, 0.717) is 24.3 Å². The Labute approximate surface area is 163 Å². The van der Waals surface area contributed by atoms with E-state index in [2.05, 4.69) is 32.7 Å². The summed E-state index contributed by atoms with van der Waals surface area (Å²) in [7, 11) is 2.06. The summed E-state index contributed by atoms with van der Waals surface area (Å²) >= 11 is 0. The van der Waals surface area contributed by atoms with Gasteiger partial charge < -0.3 is 9.64 Å². The molecule has 27 heavy (non-hydrogen) atoms. The van der Waals surface area contributed by atoms with Crippen LogP contribution in [0.2, 0.25) is 0 Å². The maximum Gasteiger partial charge on any atom is 0.311 e. The van der Waals surface area contributed by atoms with Gasteiger partial charge >= 0.3 is 5.97 Å². The molecule has 150 valence electrons. The SMILES string of the molecule is CC1CC[C@@H](C(C)C)[C@H](OC(=O)[C@@H]2CN(C)CC[C@H]2c2ccc(F)cc2)C1. The van der Waals surface area contributed by atoms with Crippen molar-refractivity contribution < 1.29 is 13.9 Å². The van der Waals surface area contributed by atoms with Gasteiger partial charge in [-0.25, -0.2) is 4.39 Å². The minimum atomic E-state index is -0.234. The Morgan fingerprint density at radius 1 is 1.19 bits per heavy atom. The second kappa shape index (κ2) is 8.72. The number of benzene rings is 1. The normalized spacial score (nSPS) is 32.4. The molecule has 1 aliphatic carbocycles. The Morgan fingerprint density at radius 3 is 2.56 bits per heavy atom. The topological polar surface area (TPSA) is 29.5 Å². The zero-order valence-electron chi connectivity index (χ0n) is 17.2. The number of piperidine rings is 1. The van der Waals surface area contributed by atoms with E-state index in [1.165, 1.54) is 18.6 Å². The lowest BCUT2D eigenvalue weighted by Crippen LogP contribution is -2.44. The molecule has 1 aromatic rings. The lowest BCUT2D eigenvalue weighted by molar-refractivity contribution is -0.163. The molecule has 1 saturated heterocycles. The van der Waals surface area contributed by atoms with Gasteiger partial charge in [-0.3, -0.25) is 4.79 Å². The maximum absolute atomic E-state index is 13.3. The number of hydrogen-bond donors (Lipinski definition) is 0. The van der Waals surface area contributed by atoms with Gasteiger partial charge in [0, 0.05) is 6.54 Å². The summed E-state index contributed by atoms with van der Waals surface area (Å²) in [6.07, 6.45) is 4.27. The molecule has 3 nitrogen and oxygen atoms in total. The van der Waals surface area contributed by atoms with Crippen LogP contribution in [-0.2, 0) is 9.53 Å². The third kappa shape index (κ3) is 4.90. The van der Waals surface area contributed by atoms with Crippen LogP contribution in [0.15, 0.2) is 24.3 Å². The number of nitrogens with zero attached hydrogens (tertiary/aromatic N) is 1. The predicted octanol–water partition coefficient (Wildman–Crippen LogP) is 4.87. The maximum atomic E-state index is 13.3. The molecule has 0 spiro atoms. The van der Waals surface area contributed by atoms with Gasteiger partial charge in [0.05, 0.1) is 5.92 Å². The lowest BCUT2D eigenvalue weighted by atomic mass is 9.75. The van der Waals surface area contributed by atoms with E-state index in [4.69, 9.17) is 4.74 Å². The third-order valence-corrected chi connectivity index (χ3v) is 6.65. The smallest absolute Gasteiger partial charge is 0.311 e. The number of halogens is 1. The number of esters is 1. The highest BCUT2D eigenvalue weighted by Gasteiger charge is 2.39. The van der Waals surface area contributed by atoms with Gasteiger partial charge in [0.25, 0.3) is 0 Å². The van der Waals surface area contributed by atoms with Gasteiger partial charge in [-0.2, -0.15) is 0 Å². The molecule has 0 N–H and O–H groups in total. The van der Waals surface area contributed by atoms with Crippen molar-refractivity contribution in [1.82, 2.24) is 4.90 Å². The van der Waals surface area contributed by atoms with Crippen molar-refractivity contribution in [3.63, 3.8) is 0 Å². The first-order valence-corrected chi connectivity index (χ1v) is 10.5. The molecule has 5 atom stereocenters. The van der Waals surface area contributed by atoms with Crippen LogP contribution >= 0.6 is 0 Å². The van der Waals surface area contributed by atoms with Crippen LogP contribution in [0.25, 0.3) is 0 Å². The van der Waals surface area contributed by atoms with Crippen LogP contribution in [0, 0.1) is 29.5 Å². The number of rotatable bonds is 4. The van der Waals surface area contributed by atoms with Crippen molar-refractivity contribution >= 4 is 5.97 Å². The number of hydrogen-bond acceptors (Lipinski definition) is 3. The Balaban J connectivity index is 1.75. The molecule has 1 saturated carbocycles. The van der Waals surface area contributed by atoms with E-state index in [1.807, 2.05) is 12.1 Å². The first-order valence-electron chi connectivity index (χ1n) is 10.5. The number of carbonyl (C=O) groups is 1. The van der Waals surface area contributed by atoms with E-state index in [1.54, 1.807) is 0 Å². The van der Waals surface area contributed by atoms with Gasteiger partial charge in [0.2, 0.25) is 0 Å². The average Bonchev–Trinajstić information content (AvgIpc) is 2.62. The summed E-state index contributed by atoms with van der Waals surface area (Å²) in [4.78, 5) is 15.4. The Hall–Kier alpha value is -1.42. The number of ether oxygens (including phenoxy) is 1. The van der Waals surface area contributed by atoms with Crippen molar-refractivity contribution in [2.75, 3.05) is 20.1 Å². The zero-order valence-corrected chi connectivity index (χ0v) is 17.2. The molecule has 2 aliphatic rings. The molecule has 0 amide bonds. The van der Waals surface area contributed by atoms with Gasteiger partial charge in [0.15, 0.2) is 0 Å². The molecule has 3 rings (SSSR count). The minimum Gasteiger partial charge on any atom is -0.462 e. The molecular weight excluding hydrogens is 341 g/mol. The van der Waals surface area contributed by atoms with Crippen LogP contribution in [0.3, 0.4) is 0 Å². The lowest BCUT2D eigenvalue weighted by Gasteiger charge is -2.40. The summed E-state index contributed by atoms with van der Waals surface area (Å²) in [6, 6.07) is 6.64. The monoisotopic (exact) mass is 375 g/mol. The highest BCUT2D eigenvalue weighted by Crippen LogP contribution is 2.38. The first-order chi connectivity index (χ1) is 12.8. The van der Waals surface area contributed by atoms with Crippen molar-refractivity contribution in [3.05, 3.63) is 35.6 Å². The third-order valence-electron chi connectivity index (χ3n) is 6.65. The fourth-order valence-corrected chi connectivity index (χ4v) is 4.95. The second-order valence-corrected chi connectivity index (χ2v) is 9.12. The standard InChI is InChI=1S/C23H34FNO2/c1-15(2)19-10-5-16(3)13-22(19)27-23(26)21-14-25(4)12-11-20(21)17-6-8-18(24)9-7-17/h6-9,15-16,19-22H,5,10-14H2,1-4H3/t16?,19-,20-,21+,22+/m0/s1. The first kappa shape index (κ1) is 20.3. The van der Waals surface area contributed by atoms with Gasteiger partial charge in [-0.1, -0.05) is 39.3 Å². The van der Waals surface area contributed by atoms with E-state index in [0.717, 1.165) is 31.4 Å². The van der Waals surface area contributed by atoms with E-state index >= 15 is 0 Å². The molecule has 1 aliphatic heterocycles. The molecule has 1 aromatic carbocycles. The summed E-state index contributed by atoms with van der Waals surface area (Å²) in [6.45, 7) is 8.37. The molecule has 0 bridgehead atoms. The van der Waals surface area contributed by atoms with Crippen LogP contribution in [-0.4, -0.2) is 37.1 Å². The Bertz CT molecular complexity index is 630. The molecule has 0 aromatic heterocycles. The number of likely N-dealkylation sites (tertiary alicyclic amines) is 1. The highest BCUT2D eigenvalue weighted by molar-refractivity contribution is 5.74. The van der Waals surface area contributed by atoms with E-state index < -0.39 is 0 Å². The van der Waals surface area contributed by atoms with Crippen molar-refractivity contribution in [2.45, 2.75) is 58.5 Å². The molecule has 1 unspecified atom stereocenters. The average molecular weight is 376 g/mol. The predicted molar refractivity (Wildman–Crippen MR) is 106 cm³/mol. The van der Waals surface area contributed by atoms with Crippen molar-refractivity contribution in [2.24, 2.45) is 23.7 Å². The zero-order chi connectivity index (χ0) is 19.6. The van der Waals surface area contributed by atoms with Crippen molar-refractivity contribution in [1.29, 1.82) is 0 Å². The van der Waals surface area contributed by atoms with E-state index in [-0.39, 0.29) is 29.7 Å². The Morgan fingerprint density at radius 2 is 1.89 bits per heavy atom. The fourth-order valence-electron chi connectivity index (χ4n) is 4.95. The largest absolute Gasteiger partial charge is 0.462 e. The summed E-state index contributed by atoms with van der Waals surface area (Å²) in [5.41, 5.74) is 1.05. The minimum absolute atomic E-state index is 0.0300. The molecule has 2 fully saturated rings. The Kier molecular flexibility index (Phi) is 6.56. The van der Waals surface area contributed by atoms with Gasteiger partial charge in [-0.15, -0.1) is 0 Å². The number of carbonyl (C=O) groups excluding carboxylic acids is 1. The fraction of sp³-hybridized carbons (Fsp3) is 0.696. The van der Waals surface area contributed by atoms with Crippen LogP contribution in [0.4, 0.5) is 4.39 Å². The van der Waals surface area contributed by atoms with Crippen LogP contribution in [0.5, 0.6) is 0 Å². The summed E-state index contributed by atoms with van der Waals surface area (Å²) < 4.78 is 19.5. The van der Waals surface area contributed by atoms with Crippen LogP contribution < -0.4 is 0 Å². The second-order valence-electron chi connectivity index (χ2n) is 9.12. The molecule has 0 radical (unpaired) electrons. The highest BCUT2D eigenvalue weighted by atomic mass is 19.1. The summed E-state index contributed by atoms with van der Waals surface area (Å²) in [5.74, 6) is 1.21. The van der Waals surface area contributed by atoms with Crippen molar-refractivity contribution in [3.8, 4) is 0 Å². The van der Waals surface area contributed by atoms with Crippen LogP contribution in [0.1, 0.15) is 57.9 Å². The molecule has 1 heterocycles. The molecule has 4 heteroatoms. The summed E-state index contributed by atoms with van der Waals surface area (Å²) in [5, 5.41) is 0. The van der Waals surface area contributed by atoms with E-state index in [9.17, 15) is 9.18 Å². The molecular formula is C23H34FNO2. The quantitative estimate of drug-likeness (QED) is 0.704. The van der Waals surface area contributed by atoms with Gasteiger partial charge in [-0.05, 0) is 74.2 Å².